The summed E-state index contributed by atoms with van der Waals surface area (Å²) in [5, 5.41) is 5.47. The number of anilines is 1. The van der Waals surface area contributed by atoms with Crippen molar-refractivity contribution in [2.75, 3.05) is 24.5 Å². The number of hydrogen-bond acceptors (Lipinski definition) is 3. The van der Waals surface area contributed by atoms with Crippen LogP contribution >= 0.6 is 11.6 Å². The molecule has 4 heteroatoms. The van der Waals surface area contributed by atoms with Gasteiger partial charge in [0.05, 0.1) is 16.2 Å². The fourth-order valence-corrected chi connectivity index (χ4v) is 3.35. The zero-order valence-corrected chi connectivity index (χ0v) is 13.2. The largest absolute Gasteiger partial charge is 0.368 e. The van der Waals surface area contributed by atoms with E-state index in [0.29, 0.717) is 6.04 Å². The lowest BCUT2D eigenvalue weighted by atomic mass is 10.1. The van der Waals surface area contributed by atoms with Crippen LogP contribution in [0.3, 0.4) is 0 Å². The third kappa shape index (κ3) is 3.14. The molecule has 2 heterocycles. The van der Waals surface area contributed by atoms with Crippen LogP contribution < -0.4 is 10.2 Å². The van der Waals surface area contributed by atoms with Crippen LogP contribution in [-0.2, 0) is 0 Å². The molecule has 1 saturated heterocycles. The highest BCUT2D eigenvalue weighted by atomic mass is 35.5. The molecule has 1 fully saturated rings. The molecule has 1 N–H and O–H groups in total. The quantitative estimate of drug-likeness (QED) is 0.933. The molecule has 1 atom stereocenters. The minimum Gasteiger partial charge on any atom is -0.368 e. The highest BCUT2D eigenvalue weighted by Gasteiger charge is 2.19. The van der Waals surface area contributed by atoms with Crippen LogP contribution in [0, 0.1) is 0 Å². The van der Waals surface area contributed by atoms with E-state index < -0.39 is 0 Å². The van der Waals surface area contributed by atoms with Gasteiger partial charge in [-0.1, -0.05) is 24.9 Å². The Morgan fingerprint density at radius 1 is 1.38 bits per heavy atom. The Balaban J connectivity index is 1.97. The van der Waals surface area contributed by atoms with Crippen molar-refractivity contribution in [3.8, 4) is 0 Å². The summed E-state index contributed by atoms with van der Waals surface area (Å²) in [6, 6.07) is 8.67. The third-order valence-corrected chi connectivity index (χ3v) is 4.48. The number of benzene rings is 1. The average molecular weight is 304 g/mol. The molecule has 21 heavy (non-hydrogen) atoms. The molecule has 3 rings (SSSR count). The summed E-state index contributed by atoms with van der Waals surface area (Å²) in [5.41, 5.74) is 2.22. The molecule has 1 unspecified atom stereocenters. The van der Waals surface area contributed by atoms with Crippen molar-refractivity contribution >= 4 is 28.2 Å². The number of nitrogens with zero attached hydrogens (tertiary/aromatic N) is 2. The van der Waals surface area contributed by atoms with Gasteiger partial charge in [0.1, 0.15) is 0 Å². The second kappa shape index (κ2) is 6.63. The van der Waals surface area contributed by atoms with E-state index in [-0.39, 0.29) is 0 Å². The van der Waals surface area contributed by atoms with Gasteiger partial charge >= 0.3 is 0 Å². The molecule has 2 aromatic rings. The van der Waals surface area contributed by atoms with Gasteiger partial charge in [0.2, 0.25) is 0 Å². The van der Waals surface area contributed by atoms with Gasteiger partial charge in [-0.25, -0.2) is 0 Å². The molecule has 0 amide bonds. The maximum absolute atomic E-state index is 6.31. The summed E-state index contributed by atoms with van der Waals surface area (Å²) in [7, 11) is 0. The van der Waals surface area contributed by atoms with E-state index in [4.69, 9.17) is 11.6 Å². The number of aromatic nitrogens is 1. The van der Waals surface area contributed by atoms with Crippen molar-refractivity contribution in [3.63, 3.8) is 0 Å². The molecule has 0 bridgehead atoms. The van der Waals surface area contributed by atoms with Crippen LogP contribution in [0.1, 0.15) is 26.2 Å². The van der Waals surface area contributed by atoms with E-state index in [1.807, 2.05) is 24.4 Å². The smallest absolute Gasteiger partial charge is 0.0950 e. The minimum absolute atomic E-state index is 0.562. The fourth-order valence-electron chi connectivity index (χ4n) is 3.14. The molecule has 0 saturated carbocycles. The number of hydrogen-bond donors (Lipinski definition) is 1. The molecular weight excluding hydrogens is 282 g/mol. The van der Waals surface area contributed by atoms with E-state index in [9.17, 15) is 0 Å². The predicted molar refractivity (Wildman–Crippen MR) is 90.3 cm³/mol. The van der Waals surface area contributed by atoms with Crippen molar-refractivity contribution in [3.05, 3.63) is 35.5 Å². The second-order valence-electron chi connectivity index (χ2n) is 5.71. The van der Waals surface area contributed by atoms with Crippen LogP contribution in [0.5, 0.6) is 0 Å². The maximum Gasteiger partial charge on any atom is 0.0950 e. The highest BCUT2D eigenvalue weighted by molar-refractivity contribution is 6.35. The number of rotatable bonds is 3. The van der Waals surface area contributed by atoms with E-state index in [1.54, 1.807) is 0 Å². The lowest BCUT2D eigenvalue weighted by Crippen LogP contribution is -2.37. The van der Waals surface area contributed by atoms with Gasteiger partial charge < -0.3 is 10.2 Å². The van der Waals surface area contributed by atoms with Crippen molar-refractivity contribution in [2.45, 2.75) is 32.2 Å². The lowest BCUT2D eigenvalue weighted by molar-refractivity contribution is 0.503. The lowest BCUT2D eigenvalue weighted by Gasteiger charge is -2.27. The Labute approximate surface area is 131 Å². The standard InChI is InChI=1S/C17H22ClN3/c1-2-5-13-12-21(11-4-10-19-13)16-8-7-15(18)14-6-3-9-20-17(14)16/h3,6-9,13,19H,2,4-5,10-12H2,1H3. The molecular formula is C17H22ClN3. The van der Waals surface area contributed by atoms with Gasteiger partial charge in [0.15, 0.2) is 0 Å². The Bertz CT molecular complexity index is 614. The summed E-state index contributed by atoms with van der Waals surface area (Å²) in [6.45, 7) is 5.46. The zero-order chi connectivity index (χ0) is 14.7. The normalized spacial score (nSPS) is 19.7. The van der Waals surface area contributed by atoms with Crippen LogP contribution in [0.4, 0.5) is 5.69 Å². The summed E-state index contributed by atoms with van der Waals surface area (Å²) >= 11 is 6.31. The summed E-state index contributed by atoms with van der Waals surface area (Å²) in [5.74, 6) is 0. The Kier molecular flexibility index (Phi) is 4.61. The molecule has 0 radical (unpaired) electrons. The molecule has 1 aromatic carbocycles. The Hall–Kier alpha value is -1.32. The molecule has 1 aliphatic heterocycles. The van der Waals surface area contributed by atoms with Crippen LogP contribution in [0.15, 0.2) is 30.5 Å². The highest BCUT2D eigenvalue weighted by Crippen LogP contribution is 2.31. The molecule has 112 valence electrons. The molecule has 3 nitrogen and oxygen atoms in total. The molecule has 0 aliphatic carbocycles. The summed E-state index contributed by atoms with van der Waals surface area (Å²) in [4.78, 5) is 7.04. The number of halogens is 1. The van der Waals surface area contributed by atoms with Gasteiger partial charge in [0.25, 0.3) is 0 Å². The van der Waals surface area contributed by atoms with Crippen LogP contribution in [0.2, 0.25) is 5.02 Å². The van der Waals surface area contributed by atoms with Crippen LogP contribution in [-0.4, -0.2) is 30.7 Å². The monoisotopic (exact) mass is 303 g/mol. The van der Waals surface area contributed by atoms with E-state index >= 15 is 0 Å². The van der Waals surface area contributed by atoms with E-state index in [2.05, 4.69) is 28.2 Å². The van der Waals surface area contributed by atoms with Crippen molar-refractivity contribution < 1.29 is 0 Å². The predicted octanol–water partition coefficient (Wildman–Crippen LogP) is 3.86. The third-order valence-electron chi connectivity index (χ3n) is 4.15. The topological polar surface area (TPSA) is 28.2 Å². The van der Waals surface area contributed by atoms with Gasteiger partial charge in [-0.2, -0.15) is 0 Å². The number of nitrogens with one attached hydrogen (secondary N) is 1. The summed E-state index contributed by atoms with van der Waals surface area (Å²) in [6.07, 6.45) is 5.44. The van der Waals surface area contributed by atoms with Gasteiger partial charge in [-0.05, 0) is 43.7 Å². The Morgan fingerprint density at radius 3 is 3.14 bits per heavy atom. The fraction of sp³-hybridized carbons (Fsp3) is 0.471. The van der Waals surface area contributed by atoms with Gasteiger partial charge in [-0.3, -0.25) is 4.98 Å². The molecule has 0 spiro atoms. The van der Waals surface area contributed by atoms with Gasteiger partial charge in [-0.15, -0.1) is 0 Å². The molecule has 1 aliphatic rings. The van der Waals surface area contributed by atoms with E-state index in [0.717, 1.165) is 42.0 Å². The van der Waals surface area contributed by atoms with Crippen molar-refractivity contribution in [1.29, 1.82) is 0 Å². The molecule has 1 aromatic heterocycles. The summed E-state index contributed by atoms with van der Waals surface area (Å²) < 4.78 is 0. The number of pyridine rings is 1. The Morgan fingerprint density at radius 2 is 2.29 bits per heavy atom. The van der Waals surface area contributed by atoms with Crippen molar-refractivity contribution in [1.82, 2.24) is 10.3 Å². The zero-order valence-electron chi connectivity index (χ0n) is 12.5. The van der Waals surface area contributed by atoms with Crippen LogP contribution in [0.25, 0.3) is 10.9 Å². The SMILES string of the molecule is CCCC1CN(c2ccc(Cl)c3cccnc23)CCCN1. The first-order chi connectivity index (χ1) is 10.3. The maximum atomic E-state index is 6.31. The average Bonchev–Trinajstić information content (AvgIpc) is 2.74. The first kappa shape index (κ1) is 14.6. The second-order valence-corrected chi connectivity index (χ2v) is 6.11. The number of fused-ring (bicyclic) bond motifs is 1. The first-order valence-corrected chi connectivity index (χ1v) is 8.19. The van der Waals surface area contributed by atoms with E-state index in [1.165, 1.54) is 18.5 Å². The first-order valence-electron chi connectivity index (χ1n) is 7.81. The minimum atomic E-state index is 0.562. The van der Waals surface area contributed by atoms with Crippen molar-refractivity contribution in [2.24, 2.45) is 0 Å². The van der Waals surface area contributed by atoms with Gasteiger partial charge in [0, 0.05) is 30.7 Å².